The van der Waals surface area contributed by atoms with Crippen LogP contribution in [0.15, 0.2) is 0 Å². The van der Waals surface area contributed by atoms with Gasteiger partial charge in [-0.1, -0.05) is 13.8 Å². The predicted octanol–water partition coefficient (Wildman–Crippen LogP) is 4.03. The number of hydrogen-bond donors (Lipinski definition) is 1. The van der Waals surface area contributed by atoms with E-state index in [1.807, 2.05) is 0 Å². The number of rotatable bonds is 2. The van der Waals surface area contributed by atoms with Crippen LogP contribution >= 0.6 is 0 Å². The van der Waals surface area contributed by atoms with E-state index >= 15 is 0 Å². The number of carbonyl (C=O) groups is 2. The van der Waals surface area contributed by atoms with Crippen molar-refractivity contribution in [2.75, 3.05) is 0 Å². The summed E-state index contributed by atoms with van der Waals surface area (Å²) in [4.78, 5) is 25.0. The normalized spacial score (nSPS) is 48.5. The molecule has 5 nitrogen and oxygen atoms in total. The molecular formula is C24H35NO4. The largest absolute Gasteiger partial charge is 0.463 e. The van der Waals surface area contributed by atoms with Crippen molar-refractivity contribution >= 4 is 11.8 Å². The summed E-state index contributed by atoms with van der Waals surface area (Å²) in [7, 11) is 0. The number of esters is 1. The van der Waals surface area contributed by atoms with Crippen molar-refractivity contribution in [3.8, 4) is 6.07 Å². The monoisotopic (exact) mass is 401 g/mol. The highest BCUT2D eigenvalue weighted by Gasteiger charge is 2.65. The van der Waals surface area contributed by atoms with Crippen LogP contribution in [-0.4, -0.2) is 28.6 Å². The molecule has 0 spiro atoms. The van der Waals surface area contributed by atoms with Gasteiger partial charge in [-0.25, -0.2) is 0 Å². The van der Waals surface area contributed by atoms with E-state index in [0.717, 1.165) is 44.9 Å². The van der Waals surface area contributed by atoms with Crippen molar-refractivity contribution in [2.24, 2.45) is 40.4 Å². The van der Waals surface area contributed by atoms with Crippen molar-refractivity contribution < 1.29 is 19.4 Å². The molecule has 0 amide bonds. The molecule has 0 bridgehead atoms. The SMILES string of the molecule is CC(=O)O[C@@H]1CC[C@@]2(C)[C@@H](CC[C@H]3[C@@H]4CC[C@H](C(C)(O)C#N)[C@@]4(C)CC(=O)[C@@H]32)C1. The third kappa shape index (κ3) is 3.05. The Labute approximate surface area is 174 Å². The van der Waals surface area contributed by atoms with E-state index in [1.165, 1.54) is 6.92 Å². The highest BCUT2D eigenvalue weighted by Crippen LogP contribution is 2.67. The molecule has 5 heteroatoms. The number of carbonyl (C=O) groups excluding carboxylic acids is 2. The van der Waals surface area contributed by atoms with Gasteiger partial charge >= 0.3 is 5.97 Å². The van der Waals surface area contributed by atoms with Crippen LogP contribution < -0.4 is 0 Å². The topological polar surface area (TPSA) is 87.4 Å². The van der Waals surface area contributed by atoms with Gasteiger partial charge in [-0.3, -0.25) is 9.59 Å². The van der Waals surface area contributed by atoms with Crippen LogP contribution in [0, 0.1) is 51.8 Å². The van der Waals surface area contributed by atoms with Crippen LogP contribution in [-0.2, 0) is 14.3 Å². The van der Waals surface area contributed by atoms with E-state index in [9.17, 15) is 20.0 Å². The fourth-order valence-corrected chi connectivity index (χ4v) is 8.38. The number of ketones is 1. The van der Waals surface area contributed by atoms with Crippen molar-refractivity contribution in [1.29, 1.82) is 5.26 Å². The molecule has 1 unspecified atom stereocenters. The smallest absolute Gasteiger partial charge is 0.302 e. The third-order valence-electron chi connectivity index (χ3n) is 9.54. The second kappa shape index (κ2) is 6.80. The highest BCUT2D eigenvalue weighted by molar-refractivity contribution is 5.84. The number of ether oxygens (including phenoxy) is 1. The number of nitrogens with zero attached hydrogens (tertiary/aromatic N) is 1. The molecule has 4 aliphatic rings. The minimum atomic E-state index is -1.38. The zero-order valence-corrected chi connectivity index (χ0v) is 18.2. The number of aliphatic hydroxyl groups is 1. The lowest BCUT2D eigenvalue weighted by molar-refractivity contribution is -0.171. The van der Waals surface area contributed by atoms with E-state index in [0.29, 0.717) is 30.0 Å². The van der Waals surface area contributed by atoms with Crippen LogP contribution in [0.2, 0.25) is 0 Å². The van der Waals surface area contributed by atoms with Crippen molar-refractivity contribution in [3.63, 3.8) is 0 Å². The molecule has 29 heavy (non-hydrogen) atoms. The summed E-state index contributed by atoms with van der Waals surface area (Å²) in [5.41, 5.74) is -1.68. The molecule has 4 rings (SSSR count). The molecule has 4 fully saturated rings. The van der Waals surface area contributed by atoms with E-state index in [-0.39, 0.29) is 34.7 Å². The molecule has 0 aromatic heterocycles. The number of fused-ring (bicyclic) bond motifs is 5. The first-order valence-electron chi connectivity index (χ1n) is 11.4. The van der Waals surface area contributed by atoms with Crippen molar-refractivity contribution in [3.05, 3.63) is 0 Å². The van der Waals surface area contributed by atoms with Gasteiger partial charge in [-0.15, -0.1) is 0 Å². The zero-order chi connectivity index (χ0) is 21.2. The zero-order valence-electron chi connectivity index (χ0n) is 18.2. The molecule has 160 valence electrons. The molecule has 4 saturated carbocycles. The van der Waals surface area contributed by atoms with Crippen LogP contribution in [0.5, 0.6) is 0 Å². The van der Waals surface area contributed by atoms with Gasteiger partial charge in [0.15, 0.2) is 5.60 Å². The first-order chi connectivity index (χ1) is 13.5. The van der Waals surface area contributed by atoms with Crippen LogP contribution in [0.25, 0.3) is 0 Å². The van der Waals surface area contributed by atoms with E-state index in [1.54, 1.807) is 6.92 Å². The van der Waals surface area contributed by atoms with Gasteiger partial charge in [0, 0.05) is 25.2 Å². The second-order valence-corrected chi connectivity index (χ2v) is 11.1. The Balaban J connectivity index is 1.61. The second-order valence-electron chi connectivity index (χ2n) is 11.1. The summed E-state index contributed by atoms with van der Waals surface area (Å²) in [6.45, 7) is 7.55. The van der Waals surface area contributed by atoms with Gasteiger partial charge < -0.3 is 9.84 Å². The number of nitriles is 1. The Morgan fingerprint density at radius 2 is 1.93 bits per heavy atom. The molecule has 1 N–H and O–H groups in total. The van der Waals surface area contributed by atoms with Crippen molar-refractivity contribution in [2.45, 2.75) is 90.8 Å². The molecule has 0 heterocycles. The standard InChI is InChI=1S/C24H35NO4/c1-14(26)29-16-9-10-22(2)15(11-16)5-6-17-18-7-8-20(24(4,28)13-25)23(18,3)12-19(27)21(17)22/h15-18,20-21,28H,5-12H2,1-4H3/t15-,16+,17-,18-,20-,21+,22-,23-,24?/m0/s1. The Morgan fingerprint density at radius 1 is 1.21 bits per heavy atom. The molecule has 9 atom stereocenters. The molecule has 4 aliphatic carbocycles. The van der Waals surface area contributed by atoms with E-state index in [4.69, 9.17) is 4.74 Å². The van der Waals surface area contributed by atoms with Gasteiger partial charge in [0.25, 0.3) is 0 Å². The van der Waals surface area contributed by atoms with Gasteiger partial charge in [-0.2, -0.15) is 5.26 Å². The Hall–Kier alpha value is -1.41. The van der Waals surface area contributed by atoms with Crippen molar-refractivity contribution in [1.82, 2.24) is 0 Å². The van der Waals surface area contributed by atoms with Crippen LogP contribution in [0.1, 0.15) is 79.1 Å². The Kier molecular flexibility index (Phi) is 4.89. The molecule has 0 aromatic rings. The number of Topliss-reactive ketones (excluding diaryl/α,β-unsaturated/α-hetero) is 1. The maximum Gasteiger partial charge on any atom is 0.302 e. The quantitative estimate of drug-likeness (QED) is 0.557. The predicted molar refractivity (Wildman–Crippen MR) is 107 cm³/mol. The molecule has 0 saturated heterocycles. The molecule has 0 aromatic carbocycles. The third-order valence-corrected chi connectivity index (χ3v) is 9.54. The lowest BCUT2D eigenvalue weighted by atomic mass is 9.44. The Bertz CT molecular complexity index is 754. The van der Waals surface area contributed by atoms with Crippen LogP contribution in [0.3, 0.4) is 0 Å². The minimum Gasteiger partial charge on any atom is -0.463 e. The average Bonchev–Trinajstić information content (AvgIpc) is 2.98. The van der Waals surface area contributed by atoms with Gasteiger partial charge in [0.2, 0.25) is 0 Å². The fraction of sp³-hybridized carbons (Fsp3) is 0.875. The Morgan fingerprint density at radius 3 is 2.59 bits per heavy atom. The summed E-state index contributed by atoms with van der Waals surface area (Å²) in [5.74, 6) is 1.25. The number of hydrogen-bond acceptors (Lipinski definition) is 5. The molecule has 0 aliphatic heterocycles. The van der Waals surface area contributed by atoms with Gasteiger partial charge in [0.05, 0.1) is 6.07 Å². The first-order valence-corrected chi connectivity index (χ1v) is 11.4. The summed E-state index contributed by atoms with van der Waals surface area (Å²) in [6, 6.07) is 2.10. The molecular weight excluding hydrogens is 366 g/mol. The fourth-order valence-electron chi connectivity index (χ4n) is 8.38. The average molecular weight is 402 g/mol. The maximum absolute atomic E-state index is 13.6. The van der Waals surface area contributed by atoms with Gasteiger partial charge in [-0.05, 0) is 80.5 Å². The lowest BCUT2D eigenvalue weighted by Gasteiger charge is -2.60. The summed E-state index contributed by atoms with van der Waals surface area (Å²) in [6.07, 6.45) is 7.07. The van der Waals surface area contributed by atoms with Crippen LogP contribution in [0.4, 0.5) is 0 Å². The summed E-state index contributed by atoms with van der Waals surface area (Å²) >= 11 is 0. The minimum absolute atomic E-state index is 0.00679. The van der Waals surface area contributed by atoms with E-state index in [2.05, 4.69) is 19.9 Å². The first kappa shape index (κ1) is 20.8. The lowest BCUT2D eigenvalue weighted by Crippen LogP contribution is -2.59. The highest BCUT2D eigenvalue weighted by atomic mass is 16.5. The van der Waals surface area contributed by atoms with Gasteiger partial charge in [0.1, 0.15) is 11.9 Å². The summed E-state index contributed by atoms with van der Waals surface area (Å²) in [5, 5.41) is 20.3. The molecule has 0 radical (unpaired) electrons. The van der Waals surface area contributed by atoms with E-state index < -0.39 is 5.60 Å². The maximum atomic E-state index is 13.6. The summed E-state index contributed by atoms with van der Waals surface area (Å²) < 4.78 is 5.52.